The maximum atomic E-state index is 5.55. The van der Waals surface area contributed by atoms with E-state index in [4.69, 9.17) is 18.9 Å². The number of epoxide rings is 2. The van der Waals surface area contributed by atoms with Gasteiger partial charge in [0.2, 0.25) is 0 Å². The topological polar surface area (TPSA) is 43.5 Å². The molecule has 2 aliphatic rings. The van der Waals surface area contributed by atoms with Gasteiger partial charge in [-0.15, -0.1) is 0 Å². The number of hydrogen-bond donors (Lipinski definition) is 0. The predicted octanol–water partition coefficient (Wildman–Crippen LogP) is 0.596. The zero-order valence-electron chi connectivity index (χ0n) is 8.61. The second-order valence-corrected chi connectivity index (χ2v) is 3.92. The van der Waals surface area contributed by atoms with Crippen LogP contribution in [0.15, 0.2) is 0 Å². The summed E-state index contributed by atoms with van der Waals surface area (Å²) in [7, 11) is 0. The molecule has 2 rings (SSSR count). The Morgan fingerprint density at radius 1 is 1.21 bits per heavy atom. The molecule has 0 amide bonds. The van der Waals surface area contributed by atoms with Gasteiger partial charge >= 0.3 is 0 Å². The van der Waals surface area contributed by atoms with E-state index >= 15 is 0 Å². The monoisotopic (exact) mass is 202 g/mol. The van der Waals surface area contributed by atoms with E-state index < -0.39 is 0 Å². The number of rotatable bonds is 8. The van der Waals surface area contributed by atoms with Gasteiger partial charge < -0.3 is 18.9 Å². The Balaban J connectivity index is 1.38. The molecule has 0 N–H and O–H groups in total. The summed E-state index contributed by atoms with van der Waals surface area (Å²) < 4.78 is 21.0. The molecule has 2 fully saturated rings. The quantitative estimate of drug-likeness (QED) is 0.427. The second-order valence-electron chi connectivity index (χ2n) is 3.92. The van der Waals surface area contributed by atoms with Gasteiger partial charge in [0.1, 0.15) is 12.2 Å². The molecule has 0 aromatic heterocycles. The zero-order chi connectivity index (χ0) is 9.80. The van der Waals surface area contributed by atoms with E-state index in [1.54, 1.807) is 0 Å². The average Bonchev–Trinajstić information content (AvgIpc) is 3.02. The summed E-state index contributed by atoms with van der Waals surface area (Å²) in [5.74, 6) is 0. The van der Waals surface area contributed by atoms with Crippen LogP contribution in [-0.4, -0.2) is 51.3 Å². The molecule has 2 aliphatic heterocycles. The van der Waals surface area contributed by atoms with Crippen LogP contribution < -0.4 is 0 Å². The molecule has 4 heteroatoms. The van der Waals surface area contributed by atoms with Crippen molar-refractivity contribution in [2.75, 3.05) is 33.0 Å². The van der Waals surface area contributed by atoms with Gasteiger partial charge in [0.25, 0.3) is 0 Å². The Labute approximate surface area is 84.5 Å². The summed E-state index contributed by atoms with van der Waals surface area (Å²) in [6.45, 7) is 6.02. The lowest BCUT2D eigenvalue weighted by atomic mass is 10.3. The standard InChI is InChI=1S/C10H18O4/c1-8(12-5-10-7-14-10)2-3-11-4-9-6-13-9/h8-10H,2-7H2,1H3. The molecule has 0 radical (unpaired) electrons. The van der Waals surface area contributed by atoms with Crippen LogP contribution >= 0.6 is 0 Å². The van der Waals surface area contributed by atoms with E-state index in [0.717, 1.165) is 39.5 Å². The molecule has 2 saturated heterocycles. The molecule has 3 unspecified atom stereocenters. The third-order valence-electron chi connectivity index (χ3n) is 2.34. The van der Waals surface area contributed by atoms with Crippen LogP contribution in [0.3, 0.4) is 0 Å². The Morgan fingerprint density at radius 2 is 1.86 bits per heavy atom. The Kier molecular flexibility index (Phi) is 3.75. The van der Waals surface area contributed by atoms with E-state index in [-0.39, 0.29) is 6.10 Å². The van der Waals surface area contributed by atoms with Crippen molar-refractivity contribution in [2.24, 2.45) is 0 Å². The van der Waals surface area contributed by atoms with Gasteiger partial charge in [0.15, 0.2) is 0 Å². The summed E-state index contributed by atoms with van der Waals surface area (Å²) in [5, 5.41) is 0. The molecular formula is C10H18O4. The molecule has 0 aliphatic carbocycles. The summed E-state index contributed by atoms with van der Waals surface area (Å²) in [6.07, 6.45) is 1.93. The van der Waals surface area contributed by atoms with E-state index in [1.807, 2.05) is 0 Å². The molecule has 0 spiro atoms. The number of hydrogen-bond acceptors (Lipinski definition) is 4. The Hall–Kier alpha value is -0.160. The molecule has 3 atom stereocenters. The van der Waals surface area contributed by atoms with E-state index in [2.05, 4.69) is 6.92 Å². The molecule has 0 saturated carbocycles. The third-order valence-corrected chi connectivity index (χ3v) is 2.34. The van der Waals surface area contributed by atoms with Gasteiger partial charge in [-0.1, -0.05) is 0 Å². The van der Waals surface area contributed by atoms with Crippen molar-refractivity contribution < 1.29 is 18.9 Å². The molecule has 4 nitrogen and oxygen atoms in total. The average molecular weight is 202 g/mol. The molecule has 0 bridgehead atoms. The molecule has 14 heavy (non-hydrogen) atoms. The van der Waals surface area contributed by atoms with Crippen molar-refractivity contribution in [1.29, 1.82) is 0 Å². The first-order valence-corrected chi connectivity index (χ1v) is 5.27. The van der Waals surface area contributed by atoms with Crippen LogP contribution in [0.1, 0.15) is 13.3 Å². The van der Waals surface area contributed by atoms with Crippen molar-refractivity contribution in [3.8, 4) is 0 Å². The van der Waals surface area contributed by atoms with Gasteiger partial charge in [-0.25, -0.2) is 0 Å². The smallest absolute Gasteiger partial charge is 0.104 e. The van der Waals surface area contributed by atoms with Gasteiger partial charge in [0, 0.05) is 6.61 Å². The minimum absolute atomic E-state index is 0.263. The summed E-state index contributed by atoms with van der Waals surface area (Å²) in [6, 6.07) is 0. The maximum absolute atomic E-state index is 5.55. The first-order valence-electron chi connectivity index (χ1n) is 5.27. The zero-order valence-corrected chi connectivity index (χ0v) is 8.61. The van der Waals surface area contributed by atoms with Crippen LogP contribution in [0.2, 0.25) is 0 Å². The van der Waals surface area contributed by atoms with Gasteiger partial charge in [0.05, 0.1) is 32.5 Å². The highest BCUT2D eigenvalue weighted by Gasteiger charge is 2.24. The van der Waals surface area contributed by atoms with E-state index in [0.29, 0.717) is 12.2 Å². The highest BCUT2D eigenvalue weighted by Crippen LogP contribution is 2.11. The van der Waals surface area contributed by atoms with Crippen LogP contribution in [0, 0.1) is 0 Å². The first kappa shape index (κ1) is 10.4. The van der Waals surface area contributed by atoms with Crippen molar-refractivity contribution >= 4 is 0 Å². The van der Waals surface area contributed by atoms with Crippen molar-refractivity contribution in [2.45, 2.75) is 31.7 Å². The van der Waals surface area contributed by atoms with E-state index in [1.165, 1.54) is 0 Å². The lowest BCUT2D eigenvalue weighted by Crippen LogP contribution is -2.15. The largest absolute Gasteiger partial charge is 0.379 e. The predicted molar refractivity (Wildman–Crippen MR) is 50.3 cm³/mol. The Bertz CT molecular complexity index is 166. The van der Waals surface area contributed by atoms with Gasteiger partial charge in [-0.05, 0) is 13.3 Å². The fourth-order valence-corrected chi connectivity index (χ4v) is 1.15. The highest BCUT2D eigenvalue weighted by molar-refractivity contribution is 4.69. The fraction of sp³-hybridized carbons (Fsp3) is 1.00. The summed E-state index contributed by atoms with van der Waals surface area (Å²) in [4.78, 5) is 0. The van der Waals surface area contributed by atoms with Crippen LogP contribution in [0.5, 0.6) is 0 Å². The minimum atomic E-state index is 0.263. The summed E-state index contributed by atoms with van der Waals surface area (Å²) in [5.41, 5.74) is 0. The third kappa shape index (κ3) is 4.37. The molecular weight excluding hydrogens is 184 g/mol. The van der Waals surface area contributed by atoms with Crippen LogP contribution in [0.25, 0.3) is 0 Å². The van der Waals surface area contributed by atoms with Gasteiger partial charge in [-0.2, -0.15) is 0 Å². The van der Waals surface area contributed by atoms with Crippen molar-refractivity contribution in [3.63, 3.8) is 0 Å². The van der Waals surface area contributed by atoms with Crippen molar-refractivity contribution in [1.82, 2.24) is 0 Å². The van der Waals surface area contributed by atoms with Crippen LogP contribution in [-0.2, 0) is 18.9 Å². The second kappa shape index (κ2) is 5.07. The minimum Gasteiger partial charge on any atom is -0.379 e. The molecule has 82 valence electrons. The van der Waals surface area contributed by atoms with Crippen LogP contribution in [0.4, 0.5) is 0 Å². The summed E-state index contributed by atoms with van der Waals surface area (Å²) >= 11 is 0. The SMILES string of the molecule is CC(CCOCC1CO1)OCC1CO1. The lowest BCUT2D eigenvalue weighted by molar-refractivity contribution is 0.0221. The lowest BCUT2D eigenvalue weighted by Gasteiger charge is -2.11. The van der Waals surface area contributed by atoms with Gasteiger partial charge in [-0.3, -0.25) is 0 Å². The normalized spacial score (nSPS) is 31.5. The van der Waals surface area contributed by atoms with Crippen molar-refractivity contribution in [3.05, 3.63) is 0 Å². The van der Waals surface area contributed by atoms with E-state index in [9.17, 15) is 0 Å². The highest BCUT2D eigenvalue weighted by atomic mass is 16.6. The molecule has 2 heterocycles. The fourth-order valence-electron chi connectivity index (χ4n) is 1.15. The first-order chi connectivity index (χ1) is 6.84. The maximum Gasteiger partial charge on any atom is 0.104 e. The number of ether oxygens (including phenoxy) is 4. The molecule has 0 aromatic carbocycles. The molecule has 0 aromatic rings. The Morgan fingerprint density at radius 3 is 2.50 bits per heavy atom.